The van der Waals surface area contributed by atoms with Crippen molar-refractivity contribution in [2.75, 3.05) is 11.9 Å². The van der Waals surface area contributed by atoms with Crippen LogP contribution in [0.25, 0.3) is 17.2 Å². The molecule has 10 heteroatoms. The van der Waals surface area contributed by atoms with E-state index in [9.17, 15) is 9.18 Å². The van der Waals surface area contributed by atoms with Crippen LogP contribution in [0.3, 0.4) is 0 Å². The summed E-state index contributed by atoms with van der Waals surface area (Å²) in [5.41, 5.74) is 2.74. The lowest BCUT2D eigenvalue weighted by Gasteiger charge is -2.36. The van der Waals surface area contributed by atoms with Crippen LogP contribution in [0.1, 0.15) is 37.2 Å². The Morgan fingerprint density at radius 2 is 2.00 bits per heavy atom. The number of hydrogen-bond acceptors (Lipinski definition) is 7. The second-order valence-corrected chi connectivity index (χ2v) is 9.25. The molecule has 1 unspecified atom stereocenters. The molecule has 1 amide bonds. The molecule has 4 aromatic rings. The van der Waals surface area contributed by atoms with Crippen molar-refractivity contribution in [3.63, 3.8) is 0 Å². The molecule has 4 heterocycles. The number of rotatable bonds is 7. The first-order valence-electron chi connectivity index (χ1n) is 12.4. The molecule has 1 atom stereocenters. The van der Waals surface area contributed by atoms with E-state index >= 15 is 0 Å². The fraction of sp³-hybridized carbons (Fsp3) is 0.296. The van der Waals surface area contributed by atoms with Crippen LogP contribution in [-0.4, -0.2) is 49.3 Å². The number of aromatic nitrogens is 5. The van der Waals surface area contributed by atoms with Crippen LogP contribution in [0.15, 0.2) is 60.9 Å². The Morgan fingerprint density at radius 3 is 2.76 bits per heavy atom. The standard InChI is InChI=1S/C27H26FN7O2/c1-2-37-18-9-10-21(30-15-18)26-34-33-25(35(26)24-8-4-3-6-19(24)28)16-12-17(13-16)31-27(36)23-14-22-20(32-23)7-5-11-29-22/h3-11,15-17,23,32H,2,12-14H2,1H3,(H,31,36). The van der Waals surface area contributed by atoms with Crippen molar-refractivity contribution in [1.82, 2.24) is 30.0 Å². The third kappa shape index (κ3) is 4.39. The number of benzene rings is 1. The number of nitrogens with one attached hydrogen (secondary N) is 2. The zero-order chi connectivity index (χ0) is 25.4. The molecule has 3 aromatic heterocycles. The largest absolute Gasteiger partial charge is 0.492 e. The average molecular weight is 500 g/mol. The monoisotopic (exact) mass is 499 g/mol. The fourth-order valence-corrected chi connectivity index (χ4v) is 4.93. The number of para-hydroxylation sites is 1. The predicted molar refractivity (Wildman–Crippen MR) is 135 cm³/mol. The number of carbonyl (C=O) groups excluding carboxylic acids is 1. The number of nitrogens with zero attached hydrogens (tertiary/aromatic N) is 5. The summed E-state index contributed by atoms with van der Waals surface area (Å²) in [6.07, 6.45) is 5.30. The van der Waals surface area contributed by atoms with Gasteiger partial charge in [-0.3, -0.25) is 14.3 Å². The smallest absolute Gasteiger partial charge is 0.243 e. The molecule has 0 spiro atoms. The maximum atomic E-state index is 14.9. The van der Waals surface area contributed by atoms with Crippen molar-refractivity contribution in [1.29, 1.82) is 0 Å². The molecule has 1 aromatic carbocycles. The van der Waals surface area contributed by atoms with Crippen LogP contribution in [0.5, 0.6) is 5.75 Å². The highest BCUT2D eigenvalue weighted by Crippen LogP contribution is 2.39. The van der Waals surface area contributed by atoms with Gasteiger partial charge in [-0.15, -0.1) is 10.2 Å². The molecule has 1 saturated carbocycles. The third-order valence-electron chi connectivity index (χ3n) is 6.84. The van der Waals surface area contributed by atoms with Crippen LogP contribution in [-0.2, 0) is 11.2 Å². The van der Waals surface area contributed by atoms with Gasteiger partial charge >= 0.3 is 0 Å². The summed E-state index contributed by atoms with van der Waals surface area (Å²) in [4.78, 5) is 21.7. The number of fused-ring (bicyclic) bond motifs is 1. The van der Waals surface area contributed by atoms with Crippen molar-refractivity contribution < 1.29 is 13.9 Å². The van der Waals surface area contributed by atoms with Crippen molar-refractivity contribution >= 4 is 11.6 Å². The molecule has 1 aliphatic carbocycles. The number of anilines is 1. The van der Waals surface area contributed by atoms with Crippen LogP contribution in [0.2, 0.25) is 0 Å². The Hall–Kier alpha value is -4.34. The molecular formula is C27H26FN7O2. The second kappa shape index (κ2) is 9.61. The average Bonchev–Trinajstić information content (AvgIpc) is 3.52. The van der Waals surface area contributed by atoms with E-state index in [0.717, 1.165) is 11.4 Å². The molecule has 2 N–H and O–H groups in total. The number of hydrogen-bond donors (Lipinski definition) is 2. The van der Waals surface area contributed by atoms with E-state index in [2.05, 4.69) is 30.8 Å². The number of ether oxygens (including phenoxy) is 1. The molecule has 188 valence electrons. The van der Waals surface area contributed by atoms with Gasteiger partial charge in [0.2, 0.25) is 5.91 Å². The van der Waals surface area contributed by atoms with Gasteiger partial charge in [0.1, 0.15) is 29.1 Å². The summed E-state index contributed by atoms with van der Waals surface area (Å²) < 4.78 is 22.2. The molecule has 0 saturated heterocycles. The van der Waals surface area contributed by atoms with Crippen molar-refractivity contribution in [3.8, 4) is 23.0 Å². The molecule has 9 nitrogen and oxygen atoms in total. The van der Waals surface area contributed by atoms with Gasteiger partial charge in [0.25, 0.3) is 0 Å². The molecule has 1 aliphatic heterocycles. The Labute approximate surface area is 213 Å². The summed E-state index contributed by atoms with van der Waals surface area (Å²) in [6.45, 7) is 2.44. The van der Waals surface area contributed by atoms with E-state index in [4.69, 9.17) is 4.74 Å². The normalized spacial score (nSPS) is 20.0. The first kappa shape index (κ1) is 23.1. The molecule has 0 radical (unpaired) electrons. The van der Waals surface area contributed by atoms with Crippen molar-refractivity contribution in [2.45, 2.75) is 44.2 Å². The summed E-state index contributed by atoms with van der Waals surface area (Å²) in [7, 11) is 0. The van der Waals surface area contributed by atoms with E-state index in [1.165, 1.54) is 6.07 Å². The number of pyridine rings is 2. The zero-order valence-electron chi connectivity index (χ0n) is 20.3. The predicted octanol–water partition coefficient (Wildman–Crippen LogP) is 3.66. The van der Waals surface area contributed by atoms with Gasteiger partial charge in [0, 0.05) is 24.6 Å². The maximum Gasteiger partial charge on any atom is 0.243 e. The molecule has 1 fully saturated rings. The minimum Gasteiger partial charge on any atom is -0.492 e. The van der Waals surface area contributed by atoms with Gasteiger partial charge in [-0.05, 0) is 56.2 Å². The Kier molecular flexibility index (Phi) is 5.99. The van der Waals surface area contributed by atoms with E-state index in [0.29, 0.717) is 54.6 Å². The van der Waals surface area contributed by atoms with Crippen molar-refractivity contribution in [3.05, 3.63) is 78.3 Å². The first-order chi connectivity index (χ1) is 18.1. The highest BCUT2D eigenvalue weighted by molar-refractivity contribution is 5.87. The highest BCUT2D eigenvalue weighted by atomic mass is 19.1. The van der Waals surface area contributed by atoms with Crippen LogP contribution in [0, 0.1) is 5.82 Å². The summed E-state index contributed by atoms with van der Waals surface area (Å²) in [5.74, 6) is 1.35. The van der Waals surface area contributed by atoms with Crippen LogP contribution in [0.4, 0.5) is 10.1 Å². The lowest BCUT2D eigenvalue weighted by molar-refractivity contribution is -0.123. The number of halogens is 1. The van der Waals surface area contributed by atoms with Gasteiger partial charge in [0.15, 0.2) is 5.82 Å². The maximum absolute atomic E-state index is 14.9. The summed E-state index contributed by atoms with van der Waals surface area (Å²) >= 11 is 0. The lowest BCUT2D eigenvalue weighted by Crippen LogP contribution is -2.49. The van der Waals surface area contributed by atoms with Gasteiger partial charge in [-0.1, -0.05) is 12.1 Å². The minimum absolute atomic E-state index is 0.00814. The topological polar surface area (TPSA) is 107 Å². The molecule has 2 aliphatic rings. The van der Waals surface area contributed by atoms with Gasteiger partial charge in [-0.2, -0.15) is 0 Å². The minimum atomic E-state index is -0.375. The molecule has 6 rings (SSSR count). The lowest BCUT2D eigenvalue weighted by atomic mass is 9.79. The number of amides is 1. The van der Waals surface area contributed by atoms with Crippen molar-refractivity contribution in [2.24, 2.45) is 0 Å². The molecule has 0 bridgehead atoms. The summed E-state index contributed by atoms with van der Waals surface area (Å²) in [6, 6.07) is 13.6. The highest BCUT2D eigenvalue weighted by Gasteiger charge is 2.38. The zero-order valence-corrected chi connectivity index (χ0v) is 20.3. The van der Waals surface area contributed by atoms with Crippen LogP contribution < -0.4 is 15.4 Å². The molecule has 37 heavy (non-hydrogen) atoms. The Bertz CT molecular complexity index is 1410. The van der Waals surface area contributed by atoms with E-state index in [1.54, 1.807) is 41.2 Å². The van der Waals surface area contributed by atoms with Gasteiger partial charge in [-0.25, -0.2) is 9.37 Å². The van der Waals surface area contributed by atoms with Gasteiger partial charge in [0.05, 0.1) is 29.9 Å². The Balaban J connectivity index is 1.20. The van der Waals surface area contributed by atoms with Gasteiger partial charge < -0.3 is 15.4 Å². The third-order valence-corrected chi connectivity index (χ3v) is 6.84. The quantitative estimate of drug-likeness (QED) is 0.400. The van der Waals surface area contributed by atoms with E-state index < -0.39 is 0 Å². The number of carbonyl (C=O) groups is 1. The van der Waals surface area contributed by atoms with E-state index in [-0.39, 0.29) is 29.7 Å². The summed E-state index contributed by atoms with van der Waals surface area (Å²) in [5, 5.41) is 15.2. The van der Waals surface area contributed by atoms with E-state index in [1.807, 2.05) is 25.1 Å². The Morgan fingerprint density at radius 1 is 1.14 bits per heavy atom. The second-order valence-electron chi connectivity index (χ2n) is 9.25. The SMILES string of the molecule is CCOc1ccc(-c2nnc(C3CC(NC(=O)C4Cc5ncccc5N4)C3)n2-c2ccccc2F)nc1. The first-order valence-corrected chi connectivity index (χ1v) is 12.4. The van der Waals surface area contributed by atoms with Crippen LogP contribution >= 0.6 is 0 Å². The fourth-order valence-electron chi connectivity index (χ4n) is 4.93. The molecular weight excluding hydrogens is 473 g/mol.